The average Bonchev–Trinajstić information content (AvgIpc) is 2.94. The maximum atomic E-state index is 13.6. The third-order valence-electron chi connectivity index (χ3n) is 4.06. The molecule has 6 nitrogen and oxygen atoms in total. The van der Waals surface area contributed by atoms with Gasteiger partial charge in [-0.2, -0.15) is 0 Å². The van der Waals surface area contributed by atoms with Crippen LogP contribution in [0.25, 0.3) is 21.8 Å². The number of hydrogen-bond donors (Lipinski definition) is 2. The minimum absolute atomic E-state index is 0.0398. The highest BCUT2D eigenvalue weighted by atomic mass is 35.5. The first-order valence-corrected chi connectivity index (χ1v) is 8.22. The second kappa shape index (κ2) is 6.48. The van der Waals surface area contributed by atoms with Crippen LogP contribution in [0, 0.1) is 11.6 Å². The second-order valence-electron chi connectivity index (χ2n) is 5.88. The van der Waals surface area contributed by atoms with Gasteiger partial charge in [0.2, 0.25) is 5.91 Å². The standard InChI is InChI=1S/C18H11ClF2N4O2/c19-13-6-10(21)2-4-15(13)23-16(26)8-25-18(27)12-7-22-14-3-1-9(20)5-11(14)17(12)24-25/h1-7,24H,8H2,(H,23,26). The quantitative estimate of drug-likeness (QED) is 0.564. The minimum Gasteiger partial charge on any atom is -0.323 e. The highest BCUT2D eigenvalue weighted by Crippen LogP contribution is 2.23. The molecule has 0 unspecified atom stereocenters. The average molecular weight is 389 g/mol. The summed E-state index contributed by atoms with van der Waals surface area (Å²) >= 11 is 5.88. The topological polar surface area (TPSA) is 79.8 Å². The molecule has 27 heavy (non-hydrogen) atoms. The zero-order valence-corrected chi connectivity index (χ0v) is 14.3. The fraction of sp³-hybridized carbons (Fsp3) is 0.0556. The van der Waals surface area contributed by atoms with Crippen molar-refractivity contribution in [1.29, 1.82) is 0 Å². The molecule has 2 aromatic heterocycles. The van der Waals surface area contributed by atoms with Gasteiger partial charge in [-0.05, 0) is 36.4 Å². The van der Waals surface area contributed by atoms with Gasteiger partial charge in [-0.25, -0.2) is 13.5 Å². The molecule has 0 aliphatic heterocycles. The Hall–Kier alpha value is -3.26. The van der Waals surface area contributed by atoms with Crippen molar-refractivity contribution in [3.8, 4) is 0 Å². The van der Waals surface area contributed by atoms with E-state index in [2.05, 4.69) is 15.4 Å². The first-order chi connectivity index (χ1) is 12.9. The molecule has 4 rings (SSSR count). The van der Waals surface area contributed by atoms with Gasteiger partial charge in [0.25, 0.3) is 5.56 Å². The van der Waals surface area contributed by atoms with Crippen molar-refractivity contribution < 1.29 is 13.6 Å². The predicted molar refractivity (Wildman–Crippen MR) is 97.9 cm³/mol. The summed E-state index contributed by atoms with van der Waals surface area (Å²) in [4.78, 5) is 28.9. The lowest BCUT2D eigenvalue weighted by Crippen LogP contribution is -2.26. The fourth-order valence-electron chi connectivity index (χ4n) is 2.81. The monoisotopic (exact) mass is 388 g/mol. The van der Waals surface area contributed by atoms with Crippen LogP contribution in [0.4, 0.5) is 14.5 Å². The van der Waals surface area contributed by atoms with E-state index in [1.807, 2.05) is 0 Å². The van der Waals surface area contributed by atoms with Crippen molar-refractivity contribution in [2.75, 3.05) is 5.32 Å². The van der Waals surface area contributed by atoms with Crippen LogP contribution in [-0.2, 0) is 11.3 Å². The van der Waals surface area contributed by atoms with E-state index in [1.54, 1.807) is 0 Å². The minimum atomic E-state index is -0.541. The number of fused-ring (bicyclic) bond motifs is 3. The Balaban J connectivity index is 1.68. The summed E-state index contributed by atoms with van der Waals surface area (Å²) in [6.07, 6.45) is 1.37. The normalized spacial score (nSPS) is 11.2. The molecule has 9 heteroatoms. The summed E-state index contributed by atoms with van der Waals surface area (Å²) in [5, 5.41) is 6.04. The molecular formula is C18H11ClF2N4O2. The van der Waals surface area contributed by atoms with Crippen LogP contribution in [0.3, 0.4) is 0 Å². The Morgan fingerprint density at radius 1 is 1.15 bits per heavy atom. The van der Waals surface area contributed by atoms with E-state index in [-0.39, 0.29) is 22.6 Å². The SMILES string of the molecule is O=C(Cn1[nH]c2c(cnc3ccc(F)cc32)c1=O)Nc1ccc(F)cc1Cl. The van der Waals surface area contributed by atoms with Crippen molar-refractivity contribution in [3.05, 3.63) is 69.6 Å². The second-order valence-corrected chi connectivity index (χ2v) is 6.29. The van der Waals surface area contributed by atoms with Gasteiger partial charge in [0.05, 0.1) is 27.1 Å². The summed E-state index contributed by atoms with van der Waals surface area (Å²) in [7, 11) is 0. The maximum Gasteiger partial charge on any atom is 0.276 e. The molecule has 0 aliphatic rings. The Kier molecular flexibility index (Phi) is 4.12. The smallest absolute Gasteiger partial charge is 0.276 e. The number of amides is 1. The van der Waals surface area contributed by atoms with Crippen LogP contribution < -0.4 is 10.9 Å². The van der Waals surface area contributed by atoms with Crippen LogP contribution in [-0.4, -0.2) is 20.7 Å². The number of carbonyl (C=O) groups excluding carboxylic acids is 1. The number of halogens is 3. The van der Waals surface area contributed by atoms with E-state index < -0.39 is 23.1 Å². The summed E-state index contributed by atoms with van der Waals surface area (Å²) in [5.41, 5.74) is 0.655. The summed E-state index contributed by atoms with van der Waals surface area (Å²) < 4.78 is 27.7. The fourth-order valence-corrected chi connectivity index (χ4v) is 3.03. The highest BCUT2D eigenvalue weighted by molar-refractivity contribution is 6.33. The van der Waals surface area contributed by atoms with E-state index in [9.17, 15) is 18.4 Å². The molecule has 1 amide bonds. The van der Waals surface area contributed by atoms with Crippen molar-refractivity contribution in [1.82, 2.24) is 14.8 Å². The number of nitrogens with zero attached hydrogens (tertiary/aromatic N) is 2. The number of aromatic amines is 1. The van der Waals surface area contributed by atoms with Gasteiger partial charge in [0.1, 0.15) is 18.2 Å². The first kappa shape index (κ1) is 17.2. The lowest BCUT2D eigenvalue weighted by molar-refractivity contribution is -0.116. The van der Waals surface area contributed by atoms with Crippen molar-refractivity contribution in [3.63, 3.8) is 0 Å². The van der Waals surface area contributed by atoms with Gasteiger partial charge >= 0.3 is 0 Å². The number of aromatic nitrogens is 3. The first-order valence-electron chi connectivity index (χ1n) is 7.84. The molecule has 2 N–H and O–H groups in total. The Morgan fingerprint density at radius 3 is 2.67 bits per heavy atom. The van der Waals surface area contributed by atoms with Crippen LogP contribution >= 0.6 is 11.6 Å². The van der Waals surface area contributed by atoms with Crippen LogP contribution in [0.1, 0.15) is 0 Å². The van der Waals surface area contributed by atoms with E-state index in [0.717, 1.165) is 16.8 Å². The number of carbonyl (C=O) groups is 1. The number of anilines is 1. The third kappa shape index (κ3) is 3.15. The van der Waals surface area contributed by atoms with E-state index in [1.165, 1.54) is 30.5 Å². The van der Waals surface area contributed by atoms with Crippen LogP contribution in [0.5, 0.6) is 0 Å². The summed E-state index contributed by atoms with van der Waals surface area (Å²) in [5.74, 6) is -1.54. The Morgan fingerprint density at radius 2 is 1.89 bits per heavy atom. The molecule has 0 bridgehead atoms. The number of rotatable bonds is 3. The Bertz CT molecular complexity index is 1270. The number of hydrogen-bond acceptors (Lipinski definition) is 3. The molecule has 136 valence electrons. The van der Waals surface area contributed by atoms with Gasteiger partial charge in [-0.3, -0.25) is 19.7 Å². The van der Waals surface area contributed by atoms with Crippen molar-refractivity contribution in [2.45, 2.75) is 6.54 Å². The zero-order chi connectivity index (χ0) is 19.1. The molecule has 0 saturated carbocycles. The number of nitrogens with one attached hydrogen (secondary N) is 2. The molecule has 0 radical (unpaired) electrons. The van der Waals surface area contributed by atoms with E-state index in [4.69, 9.17) is 11.6 Å². The van der Waals surface area contributed by atoms with Crippen LogP contribution in [0.15, 0.2) is 47.4 Å². The van der Waals surface area contributed by atoms with Gasteiger partial charge in [-0.15, -0.1) is 0 Å². The highest BCUT2D eigenvalue weighted by Gasteiger charge is 2.14. The third-order valence-corrected chi connectivity index (χ3v) is 4.37. The zero-order valence-electron chi connectivity index (χ0n) is 13.6. The molecular weight excluding hydrogens is 378 g/mol. The molecule has 0 saturated heterocycles. The number of benzene rings is 2. The van der Waals surface area contributed by atoms with Crippen molar-refractivity contribution >= 4 is 45.0 Å². The van der Waals surface area contributed by atoms with Gasteiger partial charge in [-0.1, -0.05) is 11.6 Å². The molecule has 0 spiro atoms. The molecule has 2 heterocycles. The molecule has 0 aliphatic carbocycles. The Labute approximate surface area is 155 Å². The maximum absolute atomic E-state index is 13.6. The van der Waals surface area contributed by atoms with E-state index >= 15 is 0 Å². The predicted octanol–water partition coefficient (Wildman–Crippen LogP) is 3.45. The van der Waals surface area contributed by atoms with Crippen LogP contribution in [0.2, 0.25) is 5.02 Å². The van der Waals surface area contributed by atoms with Gasteiger partial charge in [0, 0.05) is 11.6 Å². The van der Waals surface area contributed by atoms with Gasteiger partial charge < -0.3 is 5.32 Å². The van der Waals surface area contributed by atoms with E-state index in [0.29, 0.717) is 16.4 Å². The number of H-pyrrole nitrogens is 1. The van der Waals surface area contributed by atoms with Crippen molar-refractivity contribution in [2.24, 2.45) is 0 Å². The lowest BCUT2D eigenvalue weighted by atomic mass is 10.2. The largest absolute Gasteiger partial charge is 0.323 e. The number of pyridine rings is 1. The summed E-state index contributed by atoms with van der Waals surface area (Å²) in [6, 6.07) is 7.59. The molecule has 2 aromatic carbocycles. The molecule has 4 aromatic rings. The van der Waals surface area contributed by atoms with Gasteiger partial charge in [0.15, 0.2) is 0 Å². The molecule has 0 atom stereocenters. The lowest BCUT2D eigenvalue weighted by Gasteiger charge is -2.07. The molecule has 0 fully saturated rings. The summed E-state index contributed by atoms with van der Waals surface area (Å²) in [6.45, 7) is -0.335.